The Balaban J connectivity index is 1.85. The van der Waals surface area contributed by atoms with Crippen LogP contribution in [-0.2, 0) is 12.8 Å². The highest BCUT2D eigenvalue weighted by molar-refractivity contribution is 7.10. The molecule has 1 nitrogen and oxygen atoms in total. The van der Waals surface area contributed by atoms with Crippen molar-refractivity contribution in [3.05, 3.63) is 55.7 Å². The van der Waals surface area contributed by atoms with Crippen LogP contribution in [0.3, 0.4) is 0 Å². The second-order valence-electron chi connectivity index (χ2n) is 5.63. The normalized spacial score (nSPS) is 19.3. The summed E-state index contributed by atoms with van der Waals surface area (Å²) in [6, 6.07) is 8.43. The van der Waals surface area contributed by atoms with Gasteiger partial charge in [0.1, 0.15) is 0 Å². The van der Waals surface area contributed by atoms with Crippen molar-refractivity contribution in [3.63, 3.8) is 0 Å². The lowest BCUT2D eigenvalue weighted by Gasteiger charge is -2.31. The summed E-state index contributed by atoms with van der Waals surface area (Å²) in [6.07, 6.45) is 4.67. The molecule has 1 aliphatic carbocycles. The van der Waals surface area contributed by atoms with E-state index in [4.69, 9.17) is 23.2 Å². The van der Waals surface area contributed by atoms with E-state index in [0.29, 0.717) is 12.0 Å². The summed E-state index contributed by atoms with van der Waals surface area (Å²) in [7, 11) is 2.05. The lowest BCUT2D eigenvalue weighted by Crippen LogP contribution is -2.35. The minimum atomic E-state index is 0.398. The van der Waals surface area contributed by atoms with Gasteiger partial charge in [-0.1, -0.05) is 23.2 Å². The largest absolute Gasteiger partial charge is 0.316 e. The monoisotopic (exact) mass is 339 g/mol. The number of fused-ring (bicyclic) bond motifs is 1. The number of likely N-dealkylation sites (N-methyl/N-ethyl adjacent to an activating group) is 1. The Bertz CT molecular complexity index is 623. The highest BCUT2D eigenvalue weighted by Crippen LogP contribution is 2.38. The smallest absolute Gasteiger partial charge is 0.0439 e. The molecule has 0 radical (unpaired) electrons. The van der Waals surface area contributed by atoms with E-state index in [1.165, 1.54) is 24.8 Å². The molecule has 4 heteroatoms. The van der Waals surface area contributed by atoms with Crippen LogP contribution in [0.1, 0.15) is 34.8 Å². The molecule has 1 aliphatic rings. The first-order valence-corrected chi connectivity index (χ1v) is 9.00. The number of halogens is 2. The fourth-order valence-corrected chi connectivity index (χ4v) is 4.71. The summed E-state index contributed by atoms with van der Waals surface area (Å²) in [5.41, 5.74) is 2.66. The zero-order chi connectivity index (χ0) is 14.8. The predicted molar refractivity (Wildman–Crippen MR) is 93.0 cm³/mol. The molecule has 112 valence electrons. The molecule has 0 spiro atoms. The van der Waals surface area contributed by atoms with Crippen LogP contribution in [0, 0.1) is 0 Å². The summed E-state index contributed by atoms with van der Waals surface area (Å²) >= 11 is 14.3. The molecule has 0 bridgehead atoms. The first kappa shape index (κ1) is 15.4. The maximum atomic E-state index is 6.33. The van der Waals surface area contributed by atoms with E-state index >= 15 is 0 Å². The van der Waals surface area contributed by atoms with E-state index in [1.807, 2.05) is 36.6 Å². The summed E-state index contributed by atoms with van der Waals surface area (Å²) in [6.45, 7) is 0. The molecular weight excluding hydrogens is 321 g/mol. The number of nitrogens with one attached hydrogen (secondary N) is 1. The van der Waals surface area contributed by atoms with Gasteiger partial charge in [0.25, 0.3) is 0 Å². The molecule has 1 heterocycles. The van der Waals surface area contributed by atoms with Crippen molar-refractivity contribution in [1.82, 2.24) is 5.32 Å². The quantitative estimate of drug-likeness (QED) is 0.796. The first-order chi connectivity index (χ1) is 10.2. The molecule has 0 fully saturated rings. The number of rotatable bonds is 4. The van der Waals surface area contributed by atoms with Gasteiger partial charge in [-0.25, -0.2) is 0 Å². The van der Waals surface area contributed by atoms with Gasteiger partial charge in [0, 0.05) is 26.9 Å². The van der Waals surface area contributed by atoms with Gasteiger partial charge in [0.2, 0.25) is 0 Å². The highest BCUT2D eigenvalue weighted by Gasteiger charge is 2.28. The Morgan fingerprint density at radius 1 is 1.33 bits per heavy atom. The summed E-state index contributed by atoms with van der Waals surface area (Å²) in [4.78, 5) is 1.56. The van der Waals surface area contributed by atoms with Crippen LogP contribution in [0.25, 0.3) is 0 Å². The van der Waals surface area contributed by atoms with Crippen molar-refractivity contribution < 1.29 is 0 Å². The fourth-order valence-electron chi connectivity index (χ4n) is 3.32. The van der Waals surface area contributed by atoms with Gasteiger partial charge in [0.05, 0.1) is 0 Å². The zero-order valence-corrected chi connectivity index (χ0v) is 14.4. The Morgan fingerprint density at radius 3 is 3.00 bits per heavy atom. The molecule has 0 saturated carbocycles. The zero-order valence-electron chi connectivity index (χ0n) is 12.0. The highest BCUT2D eigenvalue weighted by atomic mass is 35.5. The SMILES string of the molecule is CNC(Cc1cc(Cl)ccc1Cl)C1CCCc2sccc21. The van der Waals surface area contributed by atoms with Crippen molar-refractivity contribution in [2.24, 2.45) is 0 Å². The predicted octanol–water partition coefficient (Wildman–Crippen LogP) is 5.31. The summed E-state index contributed by atoms with van der Waals surface area (Å²) in [5, 5.41) is 7.29. The van der Waals surface area contributed by atoms with Gasteiger partial charge < -0.3 is 5.32 Å². The fraction of sp³-hybridized carbons (Fsp3) is 0.412. The van der Waals surface area contributed by atoms with Crippen LogP contribution < -0.4 is 5.32 Å². The van der Waals surface area contributed by atoms with E-state index in [0.717, 1.165) is 22.0 Å². The topological polar surface area (TPSA) is 12.0 Å². The van der Waals surface area contributed by atoms with E-state index in [-0.39, 0.29) is 0 Å². The van der Waals surface area contributed by atoms with E-state index in [9.17, 15) is 0 Å². The van der Waals surface area contributed by atoms with Crippen molar-refractivity contribution in [1.29, 1.82) is 0 Å². The Morgan fingerprint density at radius 2 is 2.19 bits per heavy atom. The third-order valence-corrected chi connectivity index (χ3v) is 6.00. The van der Waals surface area contributed by atoms with Crippen molar-refractivity contribution in [2.75, 3.05) is 7.05 Å². The van der Waals surface area contributed by atoms with Gasteiger partial charge >= 0.3 is 0 Å². The van der Waals surface area contributed by atoms with Crippen molar-refractivity contribution in [2.45, 2.75) is 37.6 Å². The van der Waals surface area contributed by atoms with Crippen LogP contribution in [-0.4, -0.2) is 13.1 Å². The van der Waals surface area contributed by atoms with Crippen molar-refractivity contribution in [3.8, 4) is 0 Å². The number of benzene rings is 1. The molecule has 3 rings (SSSR count). The van der Waals surface area contributed by atoms with E-state index in [1.54, 1.807) is 4.88 Å². The number of hydrogen-bond acceptors (Lipinski definition) is 2. The first-order valence-electron chi connectivity index (χ1n) is 7.36. The minimum absolute atomic E-state index is 0.398. The van der Waals surface area contributed by atoms with E-state index < -0.39 is 0 Å². The maximum Gasteiger partial charge on any atom is 0.0439 e. The van der Waals surface area contributed by atoms with Crippen LogP contribution in [0.5, 0.6) is 0 Å². The minimum Gasteiger partial charge on any atom is -0.316 e. The lowest BCUT2D eigenvalue weighted by atomic mass is 9.80. The van der Waals surface area contributed by atoms with Gasteiger partial charge in [-0.3, -0.25) is 0 Å². The van der Waals surface area contributed by atoms with Crippen LogP contribution >= 0.6 is 34.5 Å². The Labute approximate surface area is 140 Å². The molecular formula is C17H19Cl2NS. The molecule has 1 aromatic heterocycles. The van der Waals surface area contributed by atoms with Gasteiger partial charge in [-0.05, 0) is 73.5 Å². The molecule has 21 heavy (non-hydrogen) atoms. The molecule has 1 N–H and O–H groups in total. The summed E-state index contributed by atoms with van der Waals surface area (Å²) in [5.74, 6) is 0.569. The lowest BCUT2D eigenvalue weighted by molar-refractivity contribution is 0.414. The van der Waals surface area contributed by atoms with E-state index in [2.05, 4.69) is 16.8 Å². The Hall–Kier alpha value is -0.540. The van der Waals surface area contributed by atoms with Crippen LogP contribution in [0.2, 0.25) is 10.0 Å². The molecule has 0 amide bonds. The molecule has 2 atom stereocenters. The maximum absolute atomic E-state index is 6.33. The molecule has 2 unspecified atom stereocenters. The summed E-state index contributed by atoms with van der Waals surface area (Å²) < 4.78 is 0. The van der Waals surface area contributed by atoms with Gasteiger partial charge in [-0.2, -0.15) is 0 Å². The second-order valence-corrected chi connectivity index (χ2v) is 7.48. The second kappa shape index (κ2) is 6.70. The number of thiophene rings is 1. The van der Waals surface area contributed by atoms with Crippen molar-refractivity contribution >= 4 is 34.5 Å². The third-order valence-electron chi connectivity index (χ3n) is 4.40. The molecule has 0 saturated heterocycles. The molecule has 1 aromatic carbocycles. The van der Waals surface area contributed by atoms with Gasteiger partial charge in [0.15, 0.2) is 0 Å². The standard InChI is InChI=1S/C17H19Cl2NS/c1-20-16(10-11-9-12(18)5-6-15(11)19)13-3-2-4-17-14(13)7-8-21-17/h5-9,13,16,20H,2-4,10H2,1H3. The van der Waals surface area contributed by atoms with Gasteiger partial charge in [-0.15, -0.1) is 11.3 Å². The Kier molecular flexibility index (Phi) is 4.90. The van der Waals surface area contributed by atoms with Crippen LogP contribution in [0.4, 0.5) is 0 Å². The van der Waals surface area contributed by atoms with Crippen LogP contribution in [0.15, 0.2) is 29.6 Å². The number of aryl methyl sites for hydroxylation is 1. The average molecular weight is 340 g/mol. The third kappa shape index (κ3) is 3.29. The number of hydrogen-bond donors (Lipinski definition) is 1. The average Bonchev–Trinajstić information content (AvgIpc) is 2.96. The molecule has 0 aliphatic heterocycles. The molecule has 2 aromatic rings.